The quantitative estimate of drug-likeness (QED) is 0.694. The van der Waals surface area contributed by atoms with Crippen LogP contribution in [0.4, 0.5) is 11.4 Å². The van der Waals surface area contributed by atoms with Crippen LogP contribution in [-0.2, 0) is 4.74 Å². The number of hydrogen-bond acceptors (Lipinski definition) is 4. The van der Waals surface area contributed by atoms with Crippen molar-refractivity contribution in [1.29, 1.82) is 0 Å². The monoisotopic (exact) mass is 342 g/mol. The molecule has 0 spiro atoms. The first-order valence-electron chi connectivity index (χ1n) is 7.40. The molecule has 24 heavy (non-hydrogen) atoms. The number of aromatic nitrogens is 1. The summed E-state index contributed by atoms with van der Waals surface area (Å²) in [6.45, 7) is 4.01. The number of benzene rings is 2. The molecule has 1 N–H and O–H groups in total. The molecule has 2 aromatic carbocycles. The van der Waals surface area contributed by atoms with Gasteiger partial charge in [0.15, 0.2) is 0 Å². The Kier molecular flexibility index (Phi) is 5.42. The standard InChI is InChI=1S/C19H18N2O2.ClH/c1-12-4-7-15(8-5-12)21-18-10-13(2)20-17-9-6-14(11-16(17)18)19(22)23-3;/h4-11H,1-3H3,(H,20,21);1H. The lowest BCUT2D eigenvalue weighted by Crippen LogP contribution is -2.02. The number of nitrogens with one attached hydrogen (secondary N) is 1. The topological polar surface area (TPSA) is 51.2 Å². The third-order valence-electron chi connectivity index (χ3n) is 3.69. The molecule has 0 saturated carbocycles. The van der Waals surface area contributed by atoms with E-state index in [0.29, 0.717) is 5.56 Å². The molecule has 0 saturated heterocycles. The molecule has 124 valence electrons. The van der Waals surface area contributed by atoms with E-state index >= 15 is 0 Å². The van der Waals surface area contributed by atoms with Crippen LogP contribution in [0.1, 0.15) is 21.6 Å². The minimum Gasteiger partial charge on any atom is -0.465 e. The van der Waals surface area contributed by atoms with Gasteiger partial charge in [0, 0.05) is 22.5 Å². The number of rotatable bonds is 3. The highest BCUT2D eigenvalue weighted by molar-refractivity contribution is 5.99. The summed E-state index contributed by atoms with van der Waals surface area (Å²) in [6, 6.07) is 15.5. The number of fused-ring (bicyclic) bond motifs is 1. The van der Waals surface area contributed by atoms with Gasteiger partial charge in [0.25, 0.3) is 0 Å². The Bertz CT molecular complexity index is 876. The Balaban J connectivity index is 0.00000208. The van der Waals surface area contributed by atoms with Gasteiger partial charge < -0.3 is 10.1 Å². The van der Waals surface area contributed by atoms with Crippen molar-refractivity contribution < 1.29 is 9.53 Å². The molecule has 3 rings (SSSR count). The van der Waals surface area contributed by atoms with Crippen molar-refractivity contribution in [1.82, 2.24) is 4.98 Å². The SMILES string of the molecule is COC(=O)c1ccc2nc(C)cc(Nc3ccc(C)cc3)c2c1.Cl. The molecule has 0 aliphatic carbocycles. The number of carbonyl (C=O) groups excluding carboxylic acids is 1. The van der Waals surface area contributed by atoms with Gasteiger partial charge in [0.2, 0.25) is 0 Å². The molecular formula is C19H19ClN2O2. The molecule has 1 aromatic heterocycles. The zero-order valence-electron chi connectivity index (χ0n) is 13.8. The molecular weight excluding hydrogens is 324 g/mol. The van der Waals surface area contributed by atoms with Gasteiger partial charge in [-0.3, -0.25) is 4.98 Å². The highest BCUT2D eigenvalue weighted by Gasteiger charge is 2.10. The smallest absolute Gasteiger partial charge is 0.337 e. The fourth-order valence-corrected chi connectivity index (χ4v) is 2.50. The second kappa shape index (κ2) is 7.32. The van der Waals surface area contributed by atoms with E-state index in [2.05, 4.69) is 29.4 Å². The Hall–Kier alpha value is -2.59. The molecule has 0 radical (unpaired) electrons. The molecule has 0 aliphatic rings. The first-order valence-corrected chi connectivity index (χ1v) is 7.40. The number of aryl methyl sites for hydroxylation is 2. The maximum absolute atomic E-state index is 11.8. The lowest BCUT2D eigenvalue weighted by molar-refractivity contribution is 0.0601. The summed E-state index contributed by atoms with van der Waals surface area (Å²) in [5.41, 5.74) is 5.38. The van der Waals surface area contributed by atoms with E-state index in [1.54, 1.807) is 6.07 Å². The van der Waals surface area contributed by atoms with Crippen LogP contribution in [0.2, 0.25) is 0 Å². The predicted octanol–water partition coefficient (Wildman–Crippen LogP) is 4.80. The molecule has 0 bridgehead atoms. The van der Waals surface area contributed by atoms with Crippen molar-refractivity contribution in [2.45, 2.75) is 13.8 Å². The number of esters is 1. The second-order valence-corrected chi connectivity index (χ2v) is 5.53. The fraction of sp³-hybridized carbons (Fsp3) is 0.158. The number of anilines is 2. The Morgan fingerprint density at radius 3 is 2.42 bits per heavy atom. The maximum Gasteiger partial charge on any atom is 0.337 e. The number of nitrogens with zero attached hydrogens (tertiary/aromatic N) is 1. The second-order valence-electron chi connectivity index (χ2n) is 5.53. The van der Waals surface area contributed by atoms with Crippen LogP contribution in [0.3, 0.4) is 0 Å². The fourth-order valence-electron chi connectivity index (χ4n) is 2.50. The number of methoxy groups -OCH3 is 1. The number of pyridine rings is 1. The zero-order valence-corrected chi connectivity index (χ0v) is 14.6. The van der Waals surface area contributed by atoms with E-state index < -0.39 is 0 Å². The Morgan fingerprint density at radius 2 is 1.75 bits per heavy atom. The first-order chi connectivity index (χ1) is 11.1. The number of halogens is 1. The molecule has 0 aliphatic heterocycles. The molecule has 0 fully saturated rings. The van der Waals surface area contributed by atoms with Gasteiger partial charge in [-0.15, -0.1) is 12.4 Å². The summed E-state index contributed by atoms with van der Waals surface area (Å²) in [5.74, 6) is -0.353. The van der Waals surface area contributed by atoms with Crippen molar-refractivity contribution in [2.75, 3.05) is 12.4 Å². The minimum atomic E-state index is -0.353. The van der Waals surface area contributed by atoms with Crippen LogP contribution in [0.15, 0.2) is 48.5 Å². The average Bonchev–Trinajstić information content (AvgIpc) is 2.55. The summed E-state index contributed by atoms with van der Waals surface area (Å²) in [7, 11) is 1.38. The predicted molar refractivity (Wildman–Crippen MR) is 99.5 cm³/mol. The van der Waals surface area contributed by atoms with Gasteiger partial charge in [-0.25, -0.2) is 4.79 Å². The third-order valence-corrected chi connectivity index (χ3v) is 3.69. The summed E-state index contributed by atoms with van der Waals surface area (Å²) in [6.07, 6.45) is 0. The van der Waals surface area contributed by atoms with E-state index in [0.717, 1.165) is 28.0 Å². The highest BCUT2D eigenvalue weighted by atomic mass is 35.5. The van der Waals surface area contributed by atoms with Crippen molar-refractivity contribution >= 4 is 40.7 Å². The first kappa shape index (κ1) is 17.8. The number of ether oxygens (including phenoxy) is 1. The lowest BCUT2D eigenvalue weighted by atomic mass is 10.1. The van der Waals surface area contributed by atoms with Crippen LogP contribution in [0.25, 0.3) is 10.9 Å². The molecule has 1 heterocycles. The summed E-state index contributed by atoms with van der Waals surface area (Å²) in [5, 5.41) is 4.30. The van der Waals surface area contributed by atoms with Crippen molar-refractivity contribution in [3.8, 4) is 0 Å². The van der Waals surface area contributed by atoms with E-state index in [4.69, 9.17) is 4.74 Å². The van der Waals surface area contributed by atoms with Gasteiger partial charge in [-0.05, 0) is 50.2 Å². The van der Waals surface area contributed by atoms with Gasteiger partial charge in [-0.2, -0.15) is 0 Å². The average molecular weight is 343 g/mol. The largest absolute Gasteiger partial charge is 0.465 e. The van der Waals surface area contributed by atoms with E-state index in [-0.39, 0.29) is 18.4 Å². The molecule has 0 atom stereocenters. The van der Waals surface area contributed by atoms with E-state index in [1.807, 2.05) is 37.3 Å². The van der Waals surface area contributed by atoms with Crippen LogP contribution in [-0.4, -0.2) is 18.1 Å². The van der Waals surface area contributed by atoms with Gasteiger partial charge in [-0.1, -0.05) is 17.7 Å². The molecule has 0 unspecified atom stereocenters. The molecule has 0 amide bonds. The van der Waals surface area contributed by atoms with Crippen molar-refractivity contribution in [3.63, 3.8) is 0 Å². The summed E-state index contributed by atoms with van der Waals surface area (Å²) < 4.78 is 4.80. The van der Waals surface area contributed by atoms with Crippen LogP contribution in [0, 0.1) is 13.8 Å². The molecule has 5 heteroatoms. The lowest BCUT2D eigenvalue weighted by Gasteiger charge is -2.12. The Labute approximate surface area is 147 Å². The summed E-state index contributed by atoms with van der Waals surface area (Å²) in [4.78, 5) is 16.3. The molecule has 3 aromatic rings. The van der Waals surface area contributed by atoms with Gasteiger partial charge in [0.1, 0.15) is 0 Å². The Morgan fingerprint density at radius 1 is 1.04 bits per heavy atom. The van der Waals surface area contributed by atoms with Crippen LogP contribution < -0.4 is 5.32 Å². The van der Waals surface area contributed by atoms with Crippen LogP contribution >= 0.6 is 12.4 Å². The number of hydrogen-bond donors (Lipinski definition) is 1. The maximum atomic E-state index is 11.8. The van der Waals surface area contributed by atoms with Crippen molar-refractivity contribution in [3.05, 3.63) is 65.4 Å². The third kappa shape index (κ3) is 3.66. The van der Waals surface area contributed by atoms with E-state index in [9.17, 15) is 4.79 Å². The zero-order chi connectivity index (χ0) is 16.4. The highest BCUT2D eigenvalue weighted by Crippen LogP contribution is 2.27. The number of carbonyl (C=O) groups is 1. The normalized spacial score (nSPS) is 10.1. The van der Waals surface area contributed by atoms with Gasteiger partial charge in [0.05, 0.1) is 18.2 Å². The molecule has 4 nitrogen and oxygen atoms in total. The summed E-state index contributed by atoms with van der Waals surface area (Å²) >= 11 is 0. The minimum absolute atomic E-state index is 0. The van der Waals surface area contributed by atoms with E-state index in [1.165, 1.54) is 12.7 Å². The van der Waals surface area contributed by atoms with Crippen LogP contribution in [0.5, 0.6) is 0 Å². The van der Waals surface area contributed by atoms with Gasteiger partial charge >= 0.3 is 5.97 Å². The van der Waals surface area contributed by atoms with Crippen molar-refractivity contribution in [2.24, 2.45) is 0 Å².